The highest BCUT2D eigenvalue weighted by Crippen LogP contribution is 2.28. The minimum absolute atomic E-state index is 0.669. The predicted octanol–water partition coefficient (Wildman–Crippen LogP) is 2.09. The van der Waals surface area contributed by atoms with Crippen LogP contribution in [0.15, 0.2) is 23.1 Å². The second-order valence-electron chi connectivity index (χ2n) is 2.44. The summed E-state index contributed by atoms with van der Waals surface area (Å²) >= 11 is 1.65. The fourth-order valence-corrected chi connectivity index (χ4v) is 1.60. The molecule has 0 amide bonds. The van der Waals surface area contributed by atoms with E-state index in [1.807, 2.05) is 31.4 Å². The minimum Gasteiger partial charge on any atom is -0.494 e. The molecule has 0 spiro atoms. The number of ether oxygens (including phenoxy) is 1. The monoisotopic (exact) mass is 198 g/mol. The van der Waals surface area contributed by atoms with Crippen molar-refractivity contribution < 1.29 is 4.74 Å². The zero-order chi connectivity index (χ0) is 9.68. The first-order valence-electron chi connectivity index (χ1n) is 4.09. The molecule has 0 atom stereocenters. The Bertz CT molecular complexity index is 278. The van der Waals surface area contributed by atoms with Crippen LogP contribution in [0.2, 0.25) is 0 Å². The summed E-state index contributed by atoms with van der Waals surface area (Å²) < 4.78 is 5.34. The summed E-state index contributed by atoms with van der Waals surface area (Å²) in [6.07, 6.45) is 2.01. The van der Waals surface area contributed by atoms with Crippen molar-refractivity contribution in [2.45, 2.75) is 11.8 Å². The van der Waals surface area contributed by atoms with Gasteiger partial charge in [-0.25, -0.2) is 0 Å². The van der Waals surface area contributed by atoms with Gasteiger partial charge in [-0.15, -0.1) is 11.8 Å². The Kier molecular flexibility index (Phi) is 3.92. The molecule has 3 N–H and O–H groups in total. The van der Waals surface area contributed by atoms with Gasteiger partial charge in [0.05, 0.1) is 12.3 Å². The van der Waals surface area contributed by atoms with E-state index < -0.39 is 0 Å². The third-order valence-electron chi connectivity index (χ3n) is 1.64. The zero-order valence-corrected chi connectivity index (χ0v) is 8.65. The summed E-state index contributed by atoms with van der Waals surface area (Å²) in [5.74, 6) is 6.21. The zero-order valence-electron chi connectivity index (χ0n) is 7.83. The molecule has 1 rings (SSSR count). The van der Waals surface area contributed by atoms with Gasteiger partial charge < -0.3 is 10.2 Å². The highest BCUT2D eigenvalue weighted by atomic mass is 32.2. The molecule has 0 heterocycles. The average molecular weight is 198 g/mol. The van der Waals surface area contributed by atoms with Gasteiger partial charge in [0, 0.05) is 11.0 Å². The first-order chi connectivity index (χ1) is 6.31. The third-order valence-corrected chi connectivity index (χ3v) is 2.43. The molecule has 0 aliphatic carbocycles. The van der Waals surface area contributed by atoms with Crippen LogP contribution in [-0.2, 0) is 0 Å². The second-order valence-corrected chi connectivity index (χ2v) is 3.29. The van der Waals surface area contributed by atoms with Gasteiger partial charge in [0.1, 0.15) is 5.75 Å². The number of anilines is 1. The normalized spacial score (nSPS) is 9.77. The largest absolute Gasteiger partial charge is 0.494 e. The standard InChI is InChI=1S/C9H14N2OS/c1-3-12-7-4-5-9(13-2)8(6-7)11-10/h4-6,11H,3,10H2,1-2H3. The van der Waals surface area contributed by atoms with Crippen molar-refractivity contribution >= 4 is 17.4 Å². The summed E-state index contributed by atoms with van der Waals surface area (Å²) in [5, 5.41) is 0. The van der Waals surface area contributed by atoms with E-state index in [1.54, 1.807) is 11.8 Å². The second kappa shape index (κ2) is 4.99. The smallest absolute Gasteiger partial charge is 0.121 e. The number of hydrogen-bond acceptors (Lipinski definition) is 4. The summed E-state index contributed by atoms with van der Waals surface area (Å²) in [4.78, 5) is 1.12. The Labute approximate surface area is 82.6 Å². The van der Waals surface area contributed by atoms with Gasteiger partial charge >= 0.3 is 0 Å². The topological polar surface area (TPSA) is 47.3 Å². The van der Waals surface area contributed by atoms with E-state index in [0.29, 0.717) is 6.61 Å². The first-order valence-corrected chi connectivity index (χ1v) is 5.31. The summed E-state index contributed by atoms with van der Waals surface area (Å²) in [6.45, 7) is 2.63. The molecule has 0 bridgehead atoms. The maximum Gasteiger partial charge on any atom is 0.121 e. The van der Waals surface area contributed by atoms with Crippen molar-refractivity contribution in [2.75, 3.05) is 18.3 Å². The van der Waals surface area contributed by atoms with E-state index in [9.17, 15) is 0 Å². The first kappa shape index (κ1) is 10.2. The lowest BCUT2D eigenvalue weighted by Crippen LogP contribution is -2.08. The highest BCUT2D eigenvalue weighted by molar-refractivity contribution is 7.98. The molecule has 0 unspecified atom stereocenters. The molecule has 72 valence electrons. The van der Waals surface area contributed by atoms with Gasteiger partial charge in [-0.1, -0.05) is 0 Å². The van der Waals surface area contributed by atoms with Crippen molar-refractivity contribution in [1.82, 2.24) is 0 Å². The Morgan fingerprint density at radius 3 is 2.85 bits per heavy atom. The molecule has 0 saturated heterocycles. The number of nitrogens with one attached hydrogen (secondary N) is 1. The third kappa shape index (κ3) is 2.54. The van der Waals surface area contributed by atoms with Crippen molar-refractivity contribution in [3.05, 3.63) is 18.2 Å². The lowest BCUT2D eigenvalue weighted by molar-refractivity contribution is 0.340. The molecule has 0 aliphatic heterocycles. The number of thioether (sulfide) groups is 1. The van der Waals surface area contributed by atoms with Gasteiger partial charge in [-0.2, -0.15) is 0 Å². The minimum atomic E-state index is 0.669. The van der Waals surface area contributed by atoms with Gasteiger partial charge in [0.2, 0.25) is 0 Å². The van der Waals surface area contributed by atoms with Crippen molar-refractivity contribution in [3.63, 3.8) is 0 Å². The van der Waals surface area contributed by atoms with Crippen molar-refractivity contribution in [3.8, 4) is 5.75 Å². The molecule has 13 heavy (non-hydrogen) atoms. The molecule has 3 nitrogen and oxygen atoms in total. The molecular formula is C9H14N2OS. The molecule has 1 aromatic carbocycles. The van der Waals surface area contributed by atoms with E-state index >= 15 is 0 Å². The number of nitrogens with two attached hydrogens (primary N) is 1. The summed E-state index contributed by atoms with van der Waals surface area (Å²) in [7, 11) is 0. The lowest BCUT2D eigenvalue weighted by atomic mass is 10.3. The molecular weight excluding hydrogens is 184 g/mol. The Morgan fingerprint density at radius 1 is 1.54 bits per heavy atom. The van der Waals surface area contributed by atoms with Crippen LogP contribution in [0, 0.1) is 0 Å². The molecule has 1 aromatic rings. The molecule has 0 aliphatic rings. The van der Waals surface area contributed by atoms with Gasteiger partial charge in [-0.3, -0.25) is 5.84 Å². The van der Waals surface area contributed by atoms with Gasteiger partial charge in [-0.05, 0) is 25.3 Å². The SMILES string of the molecule is CCOc1ccc(SC)c(NN)c1. The number of hydrazine groups is 1. The van der Waals surface area contributed by atoms with E-state index in [-0.39, 0.29) is 0 Å². The number of nitrogen functional groups attached to an aromatic ring is 1. The molecule has 4 heteroatoms. The summed E-state index contributed by atoms with van der Waals surface area (Å²) in [5.41, 5.74) is 3.55. The lowest BCUT2D eigenvalue weighted by Gasteiger charge is -2.09. The van der Waals surface area contributed by atoms with Crippen LogP contribution in [-0.4, -0.2) is 12.9 Å². The van der Waals surface area contributed by atoms with Crippen LogP contribution >= 0.6 is 11.8 Å². The maximum absolute atomic E-state index is 5.37. The molecule has 0 saturated carbocycles. The Balaban J connectivity index is 2.91. The van der Waals surface area contributed by atoms with Gasteiger partial charge in [0.25, 0.3) is 0 Å². The van der Waals surface area contributed by atoms with Gasteiger partial charge in [0.15, 0.2) is 0 Å². The predicted molar refractivity (Wildman–Crippen MR) is 57.2 cm³/mol. The van der Waals surface area contributed by atoms with Crippen LogP contribution in [0.4, 0.5) is 5.69 Å². The fraction of sp³-hybridized carbons (Fsp3) is 0.333. The van der Waals surface area contributed by atoms with Crippen LogP contribution in [0.25, 0.3) is 0 Å². The van der Waals surface area contributed by atoms with E-state index in [2.05, 4.69) is 5.43 Å². The van der Waals surface area contributed by atoms with Crippen LogP contribution in [0.3, 0.4) is 0 Å². The quantitative estimate of drug-likeness (QED) is 0.442. The van der Waals surface area contributed by atoms with E-state index in [4.69, 9.17) is 10.6 Å². The molecule has 0 aromatic heterocycles. The van der Waals surface area contributed by atoms with E-state index in [1.165, 1.54) is 0 Å². The maximum atomic E-state index is 5.37. The van der Waals surface area contributed by atoms with Crippen molar-refractivity contribution in [2.24, 2.45) is 5.84 Å². The molecule has 0 radical (unpaired) electrons. The Hall–Kier alpha value is -0.870. The fourth-order valence-electron chi connectivity index (χ4n) is 1.06. The number of benzene rings is 1. The van der Waals surface area contributed by atoms with Crippen LogP contribution in [0.1, 0.15) is 6.92 Å². The Morgan fingerprint density at radius 2 is 2.31 bits per heavy atom. The van der Waals surface area contributed by atoms with Crippen LogP contribution in [0.5, 0.6) is 5.75 Å². The average Bonchev–Trinajstić information content (AvgIpc) is 2.18. The van der Waals surface area contributed by atoms with E-state index in [0.717, 1.165) is 16.3 Å². The highest BCUT2D eigenvalue weighted by Gasteiger charge is 2.01. The van der Waals surface area contributed by atoms with Crippen molar-refractivity contribution in [1.29, 1.82) is 0 Å². The van der Waals surface area contributed by atoms with Crippen LogP contribution < -0.4 is 16.0 Å². The number of hydrogen-bond donors (Lipinski definition) is 2. The molecule has 0 fully saturated rings. The number of rotatable bonds is 4. The summed E-state index contributed by atoms with van der Waals surface area (Å²) in [6, 6.07) is 5.83.